The summed E-state index contributed by atoms with van der Waals surface area (Å²) < 4.78 is 40.2. The molecule has 2 aromatic carbocycles. The first kappa shape index (κ1) is 27.8. The summed E-state index contributed by atoms with van der Waals surface area (Å²) in [5.74, 6) is -0.329. The number of amides is 1. The first-order chi connectivity index (χ1) is 21.1. The molecule has 1 saturated carbocycles. The van der Waals surface area contributed by atoms with Crippen molar-refractivity contribution < 1.29 is 17.6 Å². The Morgan fingerprint density at radius 1 is 1.07 bits per heavy atom. The summed E-state index contributed by atoms with van der Waals surface area (Å²) in [7, 11) is -3.45. The molecule has 1 amide bonds. The van der Waals surface area contributed by atoms with Gasteiger partial charge in [-0.2, -0.15) is 5.10 Å². The predicted octanol–water partition coefficient (Wildman–Crippen LogP) is 4.33. The standard InChI is InChI=1S/C31H27FN8O3S/c1-44(42,43)36-13-17-8-18(11-21(32)9-17)22-4-2-5-24-27(22)38-29(37-24)28-23-12-25(35-16-26(23)39-40-28)19-10-20(15-34-14-19)31(30(33)41)6-3-7-31/h2,4-5,8-12,14-16,36H,3,6-7,13H2,1H3,(H2,33,41)(H,37,38)(H,39,40). The van der Waals surface area contributed by atoms with Gasteiger partial charge in [-0.15, -0.1) is 0 Å². The summed E-state index contributed by atoms with van der Waals surface area (Å²) in [6.07, 6.45) is 8.49. The fourth-order valence-corrected chi connectivity index (χ4v) is 6.23. The molecule has 222 valence electrons. The van der Waals surface area contributed by atoms with E-state index in [1.807, 2.05) is 30.3 Å². The number of aromatic amines is 2. The Labute approximate surface area is 251 Å². The van der Waals surface area contributed by atoms with Gasteiger partial charge in [-0.3, -0.25) is 19.9 Å². The predicted molar refractivity (Wildman–Crippen MR) is 164 cm³/mol. The largest absolute Gasteiger partial charge is 0.369 e. The molecule has 0 radical (unpaired) electrons. The summed E-state index contributed by atoms with van der Waals surface area (Å²) in [6, 6.07) is 13.8. The third-order valence-electron chi connectivity index (χ3n) is 8.26. The van der Waals surface area contributed by atoms with Gasteiger partial charge in [0.25, 0.3) is 0 Å². The molecular formula is C31H27FN8O3S. The van der Waals surface area contributed by atoms with Crippen LogP contribution in [-0.4, -0.2) is 50.7 Å². The van der Waals surface area contributed by atoms with Crippen LogP contribution in [-0.2, 0) is 26.8 Å². The number of halogens is 1. The number of primary amides is 1. The maximum absolute atomic E-state index is 14.6. The monoisotopic (exact) mass is 610 g/mol. The van der Waals surface area contributed by atoms with Crippen molar-refractivity contribution >= 4 is 37.9 Å². The highest BCUT2D eigenvalue weighted by Gasteiger charge is 2.44. The molecule has 0 spiro atoms. The highest BCUT2D eigenvalue weighted by atomic mass is 32.2. The van der Waals surface area contributed by atoms with Crippen molar-refractivity contribution in [2.24, 2.45) is 5.73 Å². The van der Waals surface area contributed by atoms with Crippen LogP contribution in [0.25, 0.3) is 55.8 Å². The fraction of sp³-hybridized carbons (Fsp3) is 0.194. The van der Waals surface area contributed by atoms with Crippen LogP contribution < -0.4 is 10.5 Å². The Kier molecular flexibility index (Phi) is 6.52. The van der Waals surface area contributed by atoms with Crippen LogP contribution in [0.4, 0.5) is 4.39 Å². The van der Waals surface area contributed by atoms with Gasteiger partial charge < -0.3 is 10.7 Å². The molecule has 0 unspecified atom stereocenters. The first-order valence-corrected chi connectivity index (χ1v) is 15.8. The molecule has 44 heavy (non-hydrogen) atoms. The van der Waals surface area contributed by atoms with Crippen molar-refractivity contribution in [2.75, 3.05) is 6.26 Å². The van der Waals surface area contributed by atoms with Gasteiger partial charge in [0.05, 0.1) is 40.1 Å². The smallest absolute Gasteiger partial charge is 0.228 e. The number of nitrogens with one attached hydrogen (secondary N) is 3. The van der Waals surface area contributed by atoms with Gasteiger partial charge in [0.15, 0.2) is 5.82 Å². The molecule has 0 bridgehead atoms. The van der Waals surface area contributed by atoms with Crippen LogP contribution in [0.2, 0.25) is 0 Å². The van der Waals surface area contributed by atoms with E-state index in [1.54, 1.807) is 24.7 Å². The number of H-pyrrole nitrogens is 2. The maximum Gasteiger partial charge on any atom is 0.228 e. The molecule has 1 aliphatic carbocycles. The van der Waals surface area contributed by atoms with Crippen LogP contribution in [0.5, 0.6) is 0 Å². The molecule has 11 nitrogen and oxygen atoms in total. The topological polar surface area (TPSA) is 172 Å². The van der Waals surface area contributed by atoms with Gasteiger partial charge in [-0.1, -0.05) is 18.6 Å². The summed E-state index contributed by atoms with van der Waals surface area (Å²) in [5, 5.41) is 8.30. The number of para-hydroxylation sites is 1. The van der Waals surface area contributed by atoms with Crippen LogP contribution >= 0.6 is 0 Å². The van der Waals surface area contributed by atoms with Crippen LogP contribution in [0, 0.1) is 5.82 Å². The number of benzene rings is 2. The van der Waals surface area contributed by atoms with Crippen molar-refractivity contribution in [1.29, 1.82) is 0 Å². The fourth-order valence-electron chi connectivity index (χ4n) is 5.80. The van der Waals surface area contributed by atoms with Gasteiger partial charge in [0.1, 0.15) is 11.5 Å². The summed E-state index contributed by atoms with van der Waals surface area (Å²) in [5.41, 5.74) is 11.6. The average Bonchev–Trinajstić information content (AvgIpc) is 3.58. The van der Waals surface area contributed by atoms with Crippen molar-refractivity contribution in [3.05, 3.63) is 84.1 Å². The normalized spacial score (nSPS) is 14.6. The Morgan fingerprint density at radius 3 is 2.66 bits per heavy atom. The van der Waals surface area contributed by atoms with Gasteiger partial charge in [-0.05, 0) is 65.9 Å². The molecule has 13 heteroatoms. The lowest BCUT2D eigenvalue weighted by atomic mass is 9.64. The number of carbonyl (C=O) groups excluding carboxylic acids is 1. The summed E-state index contributed by atoms with van der Waals surface area (Å²) in [6.45, 7) is -0.0387. The van der Waals surface area contributed by atoms with Gasteiger partial charge in [0, 0.05) is 35.5 Å². The SMILES string of the molecule is CS(=O)(=O)NCc1cc(F)cc(-c2cccc3[nH]c(-c4n[nH]c5cnc(-c6cncc(C7(C(N)=O)CCC7)c6)cc45)nc23)c1. The van der Waals surface area contributed by atoms with E-state index in [2.05, 4.69) is 29.9 Å². The lowest BCUT2D eigenvalue weighted by molar-refractivity contribution is -0.126. The minimum atomic E-state index is -3.45. The molecule has 1 fully saturated rings. The third-order valence-corrected chi connectivity index (χ3v) is 8.93. The highest BCUT2D eigenvalue weighted by molar-refractivity contribution is 7.88. The van der Waals surface area contributed by atoms with E-state index in [9.17, 15) is 17.6 Å². The molecular weight excluding hydrogens is 583 g/mol. The van der Waals surface area contributed by atoms with Crippen molar-refractivity contribution in [1.82, 2.24) is 34.9 Å². The molecule has 0 saturated heterocycles. The Hall–Kier alpha value is -5.01. The van der Waals surface area contributed by atoms with Crippen LogP contribution in [0.1, 0.15) is 30.4 Å². The number of hydrogen-bond acceptors (Lipinski definition) is 7. The number of hydrogen-bond donors (Lipinski definition) is 4. The Bertz CT molecular complexity index is 2200. The number of aromatic nitrogens is 6. The highest BCUT2D eigenvalue weighted by Crippen LogP contribution is 2.44. The van der Waals surface area contributed by atoms with E-state index in [0.717, 1.165) is 34.7 Å². The number of nitrogens with two attached hydrogens (primary N) is 1. The van der Waals surface area contributed by atoms with E-state index in [1.165, 1.54) is 12.1 Å². The van der Waals surface area contributed by atoms with E-state index in [-0.39, 0.29) is 12.5 Å². The molecule has 0 atom stereocenters. The van der Waals surface area contributed by atoms with E-state index < -0.39 is 21.3 Å². The van der Waals surface area contributed by atoms with Crippen molar-refractivity contribution in [3.63, 3.8) is 0 Å². The number of sulfonamides is 1. The number of rotatable bonds is 8. The average molecular weight is 611 g/mol. The summed E-state index contributed by atoms with van der Waals surface area (Å²) >= 11 is 0. The second-order valence-corrected chi connectivity index (χ2v) is 13.0. The van der Waals surface area contributed by atoms with Gasteiger partial charge in [-0.25, -0.2) is 22.5 Å². The zero-order valence-corrected chi connectivity index (χ0v) is 24.4. The molecule has 4 heterocycles. The van der Waals surface area contributed by atoms with E-state index in [0.29, 0.717) is 57.8 Å². The minimum Gasteiger partial charge on any atom is -0.369 e. The maximum atomic E-state index is 14.6. The van der Waals surface area contributed by atoms with Gasteiger partial charge >= 0.3 is 0 Å². The number of carbonyl (C=O) groups is 1. The molecule has 4 aromatic heterocycles. The lowest BCUT2D eigenvalue weighted by Gasteiger charge is -2.39. The molecule has 6 aromatic rings. The third kappa shape index (κ3) is 4.89. The van der Waals surface area contributed by atoms with Crippen LogP contribution in [0.15, 0.2) is 67.1 Å². The minimum absolute atomic E-state index is 0.0387. The van der Waals surface area contributed by atoms with Crippen LogP contribution in [0.3, 0.4) is 0 Å². The molecule has 1 aliphatic rings. The quantitative estimate of drug-likeness (QED) is 0.199. The van der Waals surface area contributed by atoms with Gasteiger partial charge in [0.2, 0.25) is 15.9 Å². The number of imidazole rings is 1. The number of fused-ring (bicyclic) bond motifs is 2. The second kappa shape index (κ2) is 10.3. The molecule has 0 aliphatic heterocycles. The van der Waals surface area contributed by atoms with E-state index in [4.69, 9.17) is 10.7 Å². The molecule has 5 N–H and O–H groups in total. The van der Waals surface area contributed by atoms with E-state index >= 15 is 0 Å². The summed E-state index contributed by atoms with van der Waals surface area (Å²) in [4.78, 5) is 29.5. The number of pyridine rings is 2. The lowest BCUT2D eigenvalue weighted by Crippen LogP contribution is -2.46. The first-order valence-electron chi connectivity index (χ1n) is 13.9. The zero-order valence-electron chi connectivity index (χ0n) is 23.6. The molecule has 7 rings (SSSR count). The van der Waals surface area contributed by atoms with Crippen molar-refractivity contribution in [3.8, 4) is 33.9 Å². The zero-order chi connectivity index (χ0) is 30.6. The van der Waals surface area contributed by atoms with Crippen molar-refractivity contribution in [2.45, 2.75) is 31.2 Å². The second-order valence-electron chi connectivity index (χ2n) is 11.2. The Morgan fingerprint density at radius 2 is 1.91 bits per heavy atom. The Balaban J connectivity index is 1.27. The number of nitrogens with zero attached hydrogens (tertiary/aromatic N) is 4.